The third-order valence-electron chi connectivity index (χ3n) is 8.10. The number of imide groups is 1. The van der Waals surface area contributed by atoms with Crippen LogP contribution in [0.4, 0.5) is 5.69 Å². The van der Waals surface area contributed by atoms with Gasteiger partial charge in [0.15, 0.2) is 0 Å². The molecule has 6 aromatic carbocycles. The monoisotopic (exact) mass is 526 g/mol. The van der Waals surface area contributed by atoms with Crippen LogP contribution in [0.2, 0.25) is 0 Å². The van der Waals surface area contributed by atoms with Gasteiger partial charge >= 0.3 is 0 Å². The second-order valence-corrected chi connectivity index (χ2v) is 10.3. The molecule has 0 bridgehead atoms. The number of pyridine rings is 1. The molecule has 0 radical (unpaired) electrons. The Bertz CT molecular complexity index is 2180. The van der Waals surface area contributed by atoms with Crippen LogP contribution in [0.3, 0.4) is 0 Å². The fourth-order valence-corrected chi connectivity index (χ4v) is 6.20. The molecule has 1 aromatic heterocycles. The number of anilines is 1. The van der Waals surface area contributed by atoms with Crippen molar-refractivity contribution in [3.8, 4) is 22.3 Å². The van der Waals surface area contributed by atoms with Gasteiger partial charge in [0.1, 0.15) is 0 Å². The molecule has 0 fully saturated rings. The summed E-state index contributed by atoms with van der Waals surface area (Å²) in [7, 11) is 0. The third-order valence-corrected chi connectivity index (χ3v) is 8.10. The summed E-state index contributed by atoms with van der Waals surface area (Å²) in [6, 6.07) is 39.9. The standard InChI is InChI=1S/C37H22N2O2/c40-36-33-11-5-10-32-31(30-15-14-27(24-18-20-38-21-19-24)28-8-3-4-9-29(28)30)16-17-34(35(32)33)37(41)39(36)26-13-12-23-6-1-2-7-25(23)22-26/h1-22H. The maximum atomic E-state index is 13.9. The van der Waals surface area contributed by atoms with E-state index in [0.717, 1.165) is 49.2 Å². The van der Waals surface area contributed by atoms with E-state index in [2.05, 4.69) is 29.2 Å². The van der Waals surface area contributed by atoms with Crippen molar-refractivity contribution in [1.82, 2.24) is 4.98 Å². The molecule has 1 aliphatic rings. The first-order valence-electron chi connectivity index (χ1n) is 13.5. The molecular formula is C37H22N2O2. The fraction of sp³-hybridized carbons (Fsp3) is 0. The number of carbonyl (C=O) groups is 2. The van der Waals surface area contributed by atoms with E-state index in [1.807, 2.05) is 97.1 Å². The highest BCUT2D eigenvalue weighted by Crippen LogP contribution is 2.42. The number of carbonyl (C=O) groups excluding carboxylic acids is 2. The smallest absolute Gasteiger partial charge is 0.265 e. The van der Waals surface area contributed by atoms with Crippen LogP contribution >= 0.6 is 0 Å². The molecule has 1 aliphatic heterocycles. The summed E-state index contributed by atoms with van der Waals surface area (Å²) in [5.74, 6) is -0.614. The van der Waals surface area contributed by atoms with Crippen molar-refractivity contribution in [2.24, 2.45) is 0 Å². The van der Waals surface area contributed by atoms with Gasteiger partial charge in [0.25, 0.3) is 11.8 Å². The first-order valence-corrected chi connectivity index (χ1v) is 13.5. The molecule has 7 aromatic rings. The number of benzene rings is 6. The highest BCUT2D eigenvalue weighted by atomic mass is 16.2. The molecule has 0 spiro atoms. The van der Waals surface area contributed by atoms with E-state index >= 15 is 0 Å². The Morgan fingerprint density at radius 2 is 1.05 bits per heavy atom. The fourth-order valence-electron chi connectivity index (χ4n) is 6.20. The highest BCUT2D eigenvalue weighted by Gasteiger charge is 2.34. The van der Waals surface area contributed by atoms with Gasteiger partial charge in [-0.2, -0.15) is 0 Å². The van der Waals surface area contributed by atoms with Crippen LogP contribution in [-0.2, 0) is 0 Å². The quantitative estimate of drug-likeness (QED) is 0.216. The Morgan fingerprint density at radius 1 is 0.463 bits per heavy atom. The van der Waals surface area contributed by atoms with Gasteiger partial charge in [-0.05, 0) is 85.6 Å². The van der Waals surface area contributed by atoms with Gasteiger partial charge in [-0.15, -0.1) is 0 Å². The minimum Gasteiger partial charge on any atom is -0.268 e. The van der Waals surface area contributed by atoms with Crippen molar-refractivity contribution < 1.29 is 9.59 Å². The maximum Gasteiger partial charge on any atom is 0.265 e. The molecule has 192 valence electrons. The van der Waals surface area contributed by atoms with Crippen LogP contribution in [0, 0.1) is 0 Å². The molecule has 0 unspecified atom stereocenters. The normalized spacial score (nSPS) is 12.9. The Kier molecular flexibility index (Phi) is 5.09. The van der Waals surface area contributed by atoms with Crippen molar-refractivity contribution >= 4 is 49.8 Å². The molecule has 2 amide bonds. The predicted octanol–water partition coefficient (Wildman–Crippen LogP) is 8.68. The SMILES string of the molecule is O=C1c2cccc3c(-c4ccc(-c5ccncc5)c5ccccc45)ccc(c23)C(=O)N1c1ccc2ccccc2c1. The average molecular weight is 527 g/mol. The van der Waals surface area contributed by atoms with E-state index in [-0.39, 0.29) is 11.8 Å². The van der Waals surface area contributed by atoms with Crippen molar-refractivity contribution in [2.45, 2.75) is 0 Å². The second-order valence-electron chi connectivity index (χ2n) is 10.3. The number of amides is 2. The predicted molar refractivity (Wildman–Crippen MR) is 165 cm³/mol. The van der Waals surface area contributed by atoms with Crippen LogP contribution in [0.15, 0.2) is 134 Å². The molecule has 0 atom stereocenters. The van der Waals surface area contributed by atoms with Crippen LogP contribution in [0.1, 0.15) is 20.7 Å². The maximum absolute atomic E-state index is 13.9. The van der Waals surface area contributed by atoms with E-state index in [9.17, 15) is 9.59 Å². The minimum absolute atomic E-state index is 0.307. The van der Waals surface area contributed by atoms with Gasteiger partial charge in [0.2, 0.25) is 0 Å². The molecule has 4 nitrogen and oxygen atoms in total. The first-order chi connectivity index (χ1) is 20.2. The summed E-state index contributed by atoms with van der Waals surface area (Å²) in [5.41, 5.74) is 5.91. The molecule has 0 saturated heterocycles. The van der Waals surface area contributed by atoms with Crippen molar-refractivity contribution in [1.29, 1.82) is 0 Å². The number of hydrogen-bond donors (Lipinski definition) is 0. The lowest BCUT2D eigenvalue weighted by atomic mass is 9.86. The molecule has 0 aliphatic carbocycles. The first kappa shape index (κ1) is 23.3. The highest BCUT2D eigenvalue weighted by molar-refractivity contribution is 6.37. The van der Waals surface area contributed by atoms with Gasteiger partial charge in [0.05, 0.1) is 5.69 Å². The summed E-state index contributed by atoms with van der Waals surface area (Å²) in [6.07, 6.45) is 3.61. The Balaban J connectivity index is 1.31. The number of rotatable bonds is 3. The van der Waals surface area contributed by atoms with Crippen LogP contribution in [0.25, 0.3) is 54.6 Å². The van der Waals surface area contributed by atoms with Gasteiger partial charge < -0.3 is 0 Å². The number of nitrogens with zero attached hydrogens (tertiary/aromatic N) is 2. The molecule has 8 rings (SSSR count). The lowest BCUT2D eigenvalue weighted by Gasteiger charge is -2.28. The van der Waals surface area contributed by atoms with E-state index in [1.54, 1.807) is 12.4 Å². The molecular weight excluding hydrogens is 504 g/mol. The number of aromatic nitrogens is 1. The average Bonchev–Trinajstić information content (AvgIpc) is 3.03. The van der Waals surface area contributed by atoms with E-state index in [0.29, 0.717) is 22.2 Å². The van der Waals surface area contributed by atoms with Crippen LogP contribution < -0.4 is 4.90 Å². The third kappa shape index (κ3) is 3.51. The summed E-state index contributed by atoms with van der Waals surface area (Å²) in [4.78, 5) is 33.3. The van der Waals surface area contributed by atoms with Gasteiger partial charge in [-0.25, -0.2) is 4.90 Å². The second kappa shape index (κ2) is 8.97. The minimum atomic E-state index is -0.307. The van der Waals surface area contributed by atoms with Crippen LogP contribution in [-0.4, -0.2) is 16.8 Å². The number of fused-ring (bicyclic) bond motifs is 2. The summed E-state index contributed by atoms with van der Waals surface area (Å²) in [5, 5.41) is 5.87. The molecule has 4 heteroatoms. The Labute approximate surface area is 236 Å². The van der Waals surface area contributed by atoms with E-state index < -0.39 is 0 Å². The topological polar surface area (TPSA) is 50.3 Å². The molecule has 0 N–H and O–H groups in total. The largest absolute Gasteiger partial charge is 0.268 e. The van der Waals surface area contributed by atoms with Crippen molar-refractivity contribution in [3.05, 3.63) is 145 Å². The van der Waals surface area contributed by atoms with Crippen molar-refractivity contribution in [2.75, 3.05) is 4.90 Å². The number of hydrogen-bond acceptors (Lipinski definition) is 3. The lowest BCUT2D eigenvalue weighted by Crippen LogP contribution is -2.40. The zero-order valence-corrected chi connectivity index (χ0v) is 21.9. The van der Waals surface area contributed by atoms with Gasteiger partial charge in [-0.1, -0.05) is 84.9 Å². The molecule has 2 heterocycles. The summed E-state index contributed by atoms with van der Waals surface area (Å²) < 4.78 is 0. The van der Waals surface area contributed by atoms with Gasteiger partial charge in [0, 0.05) is 28.9 Å². The molecule has 0 saturated carbocycles. The summed E-state index contributed by atoms with van der Waals surface area (Å²) in [6.45, 7) is 0. The molecule has 41 heavy (non-hydrogen) atoms. The van der Waals surface area contributed by atoms with Crippen LogP contribution in [0.5, 0.6) is 0 Å². The van der Waals surface area contributed by atoms with Crippen molar-refractivity contribution in [3.63, 3.8) is 0 Å². The zero-order chi connectivity index (χ0) is 27.5. The van der Waals surface area contributed by atoms with E-state index in [1.165, 1.54) is 4.90 Å². The zero-order valence-electron chi connectivity index (χ0n) is 21.9. The summed E-state index contributed by atoms with van der Waals surface area (Å²) >= 11 is 0. The lowest BCUT2D eigenvalue weighted by molar-refractivity contribution is 0.0893. The Morgan fingerprint density at radius 3 is 1.83 bits per heavy atom. The van der Waals surface area contributed by atoms with E-state index in [4.69, 9.17) is 0 Å². The van der Waals surface area contributed by atoms with Gasteiger partial charge in [-0.3, -0.25) is 14.6 Å². The Hall–Kier alpha value is -5.61.